The van der Waals surface area contributed by atoms with E-state index in [0.29, 0.717) is 12.1 Å². The Morgan fingerprint density at radius 2 is 1.64 bits per heavy atom. The van der Waals surface area contributed by atoms with Crippen molar-refractivity contribution >= 4 is 11.6 Å². The average Bonchev–Trinajstić information content (AvgIpc) is 2.45. The summed E-state index contributed by atoms with van der Waals surface area (Å²) in [6, 6.07) is 10.3. The third kappa shape index (κ3) is 3.30. The van der Waals surface area contributed by atoms with Gasteiger partial charge in [0.1, 0.15) is 0 Å². The minimum atomic E-state index is -0.0575. The second-order valence-electron chi connectivity index (χ2n) is 5.81. The second-order valence-corrected chi connectivity index (χ2v) is 5.81. The van der Waals surface area contributed by atoms with Crippen LogP contribution in [0.4, 0.5) is 5.69 Å². The number of benzene rings is 2. The third-order valence-corrected chi connectivity index (χ3v) is 4.02. The molecule has 0 unspecified atom stereocenters. The van der Waals surface area contributed by atoms with Crippen LogP contribution in [0.15, 0.2) is 30.3 Å². The van der Waals surface area contributed by atoms with E-state index in [1.807, 2.05) is 25.1 Å². The molecule has 116 valence electrons. The average molecular weight is 296 g/mol. The standard InChI is InChI=1S/C19H24N2O/c1-12-9-14(3)16(15(4)10-12)11-21-17-8-6-7-13(2)18(17)19(22)20-5/h6-10,21H,11H2,1-5H3,(H,20,22). The van der Waals surface area contributed by atoms with Crippen LogP contribution in [0.25, 0.3) is 0 Å². The van der Waals surface area contributed by atoms with Crippen molar-refractivity contribution in [3.63, 3.8) is 0 Å². The summed E-state index contributed by atoms with van der Waals surface area (Å²) in [6.07, 6.45) is 0. The van der Waals surface area contributed by atoms with Crippen LogP contribution >= 0.6 is 0 Å². The summed E-state index contributed by atoms with van der Waals surface area (Å²) >= 11 is 0. The van der Waals surface area contributed by atoms with Crippen molar-refractivity contribution in [1.29, 1.82) is 0 Å². The summed E-state index contributed by atoms with van der Waals surface area (Å²) in [5.74, 6) is -0.0575. The van der Waals surface area contributed by atoms with Crippen LogP contribution < -0.4 is 10.6 Å². The number of rotatable bonds is 4. The van der Waals surface area contributed by atoms with Gasteiger partial charge in [0, 0.05) is 19.3 Å². The first kappa shape index (κ1) is 16.1. The topological polar surface area (TPSA) is 41.1 Å². The Hall–Kier alpha value is -2.29. The molecule has 0 aliphatic carbocycles. The van der Waals surface area contributed by atoms with E-state index in [9.17, 15) is 4.79 Å². The molecule has 0 fully saturated rings. The van der Waals surface area contributed by atoms with E-state index >= 15 is 0 Å². The lowest BCUT2D eigenvalue weighted by Gasteiger charge is -2.16. The van der Waals surface area contributed by atoms with Crippen LogP contribution in [0.1, 0.15) is 38.2 Å². The Bertz CT molecular complexity index is 682. The molecule has 2 N–H and O–H groups in total. The maximum Gasteiger partial charge on any atom is 0.253 e. The van der Waals surface area contributed by atoms with Gasteiger partial charge >= 0.3 is 0 Å². The Balaban J connectivity index is 2.30. The zero-order valence-electron chi connectivity index (χ0n) is 14.0. The van der Waals surface area contributed by atoms with Crippen LogP contribution in [0.2, 0.25) is 0 Å². The smallest absolute Gasteiger partial charge is 0.253 e. The highest BCUT2D eigenvalue weighted by atomic mass is 16.1. The quantitative estimate of drug-likeness (QED) is 0.898. The number of carbonyl (C=O) groups is 1. The molecule has 0 bridgehead atoms. The van der Waals surface area contributed by atoms with E-state index in [1.165, 1.54) is 22.3 Å². The molecule has 3 nitrogen and oxygen atoms in total. The number of hydrogen-bond donors (Lipinski definition) is 2. The molecule has 0 atom stereocenters. The molecule has 2 rings (SSSR count). The molecule has 0 heterocycles. The number of carbonyl (C=O) groups excluding carboxylic acids is 1. The van der Waals surface area contributed by atoms with Gasteiger partial charge in [0.15, 0.2) is 0 Å². The number of hydrogen-bond acceptors (Lipinski definition) is 2. The van der Waals surface area contributed by atoms with Crippen molar-refractivity contribution in [1.82, 2.24) is 5.32 Å². The monoisotopic (exact) mass is 296 g/mol. The second kappa shape index (κ2) is 6.65. The van der Waals surface area contributed by atoms with Gasteiger partial charge in [0.05, 0.1) is 5.56 Å². The predicted octanol–water partition coefficient (Wildman–Crippen LogP) is 3.89. The first-order chi connectivity index (χ1) is 10.4. The van der Waals surface area contributed by atoms with E-state index in [2.05, 4.69) is 43.5 Å². The maximum atomic E-state index is 12.1. The van der Waals surface area contributed by atoms with Gasteiger partial charge in [-0.1, -0.05) is 29.8 Å². The molecular formula is C19H24N2O. The fourth-order valence-corrected chi connectivity index (χ4v) is 2.91. The van der Waals surface area contributed by atoms with Crippen molar-refractivity contribution in [2.75, 3.05) is 12.4 Å². The molecule has 0 aliphatic rings. The first-order valence-electron chi connectivity index (χ1n) is 7.56. The molecule has 3 heteroatoms. The van der Waals surface area contributed by atoms with E-state index in [4.69, 9.17) is 0 Å². The lowest BCUT2D eigenvalue weighted by molar-refractivity contribution is 0.0963. The van der Waals surface area contributed by atoms with Crippen molar-refractivity contribution in [2.24, 2.45) is 0 Å². The van der Waals surface area contributed by atoms with E-state index in [1.54, 1.807) is 7.05 Å². The highest BCUT2D eigenvalue weighted by Gasteiger charge is 2.13. The van der Waals surface area contributed by atoms with Crippen LogP contribution in [0, 0.1) is 27.7 Å². The van der Waals surface area contributed by atoms with Gasteiger partial charge in [-0.15, -0.1) is 0 Å². The Labute approximate surface area is 132 Å². The molecule has 22 heavy (non-hydrogen) atoms. The number of aryl methyl sites for hydroxylation is 4. The minimum Gasteiger partial charge on any atom is -0.380 e. The van der Waals surface area contributed by atoms with Crippen LogP contribution in [-0.4, -0.2) is 13.0 Å². The van der Waals surface area contributed by atoms with Gasteiger partial charge in [-0.3, -0.25) is 4.79 Å². The fraction of sp³-hybridized carbons (Fsp3) is 0.316. The first-order valence-corrected chi connectivity index (χ1v) is 7.56. The van der Waals surface area contributed by atoms with Gasteiger partial charge in [0.2, 0.25) is 0 Å². The molecule has 2 aromatic carbocycles. The summed E-state index contributed by atoms with van der Waals surface area (Å²) < 4.78 is 0. The predicted molar refractivity (Wildman–Crippen MR) is 92.5 cm³/mol. The highest BCUT2D eigenvalue weighted by Crippen LogP contribution is 2.22. The normalized spacial score (nSPS) is 10.4. The lowest BCUT2D eigenvalue weighted by atomic mass is 9.99. The summed E-state index contributed by atoms with van der Waals surface area (Å²) in [7, 11) is 1.66. The fourth-order valence-electron chi connectivity index (χ4n) is 2.91. The van der Waals surface area contributed by atoms with Crippen LogP contribution in [0.3, 0.4) is 0 Å². The highest BCUT2D eigenvalue weighted by molar-refractivity contribution is 6.00. The molecular weight excluding hydrogens is 272 g/mol. The number of anilines is 1. The van der Waals surface area contributed by atoms with Crippen molar-refractivity contribution in [3.8, 4) is 0 Å². The molecule has 2 aromatic rings. The zero-order chi connectivity index (χ0) is 16.3. The van der Waals surface area contributed by atoms with Gasteiger partial charge in [-0.05, 0) is 56.0 Å². The number of nitrogens with one attached hydrogen (secondary N) is 2. The van der Waals surface area contributed by atoms with Crippen LogP contribution in [-0.2, 0) is 6.54 Å². The summed E-state index contributed by atoms with van der Waals surface area (Å²) in [4.78, 5) is 12.1. The van der Waals surface area contributed by atoms with Crippen molar-refractivity contribution in [2.45, 2.75) is 34.2 Å². The molecule has 0 saturated heterocycles. The Kier molecular flexibility index (Phi) is 4.86. The van der Waals surface area contributed by atoms with Crippen molar-refractivity contribution in [3.05, 3.63) is 63.7 Å². The van der Waals surface area contributed by atoms with E-state index in [0.717, 1.165) is 11.3 Å². The van der Waals surface area contributed by atoms with Gasteiger partial charge < -0.3 is 10.6 Å². The maximum absolute atomic E-state index is 12.1. The van der Waals surface area contributed by atoms with Gasteiger partial charge in [0.25, 0.3) is 5.91 Å². The molecule has 0 saturated carbocycles. The van der Waals surface area contributed by atoms with Crippen molar-refractivity contribution < 1.29 is 4.79 Å². The number of amides is 1. The molecule has 0 aromatic heterocycles. The SMILES string of the molecule is CNC(=O)c1c(C)cccc1NCc1c(C)cc(C)cc1C. The zero-order valence-corrected chi connectivity index (χ0v) is 14.0. The van der Waals surface area contributed by atoms with E-state index in [-0.39, 0.29) is 5.91 Å². The van der Waals surface area contributed by atoms with E-state index < -0.39 is 0 Å². The molecule has 1 amide bonds. The lowest BCUT2D eigenvalue weighted by Crippen LogP contribution is -2.21. The molecule has 0 radical (unpaired) electrons. The third-order valence-electron chi connectivity index (χ3n) is 4.02. The molecule has 0 spiro atoms. The minimum absolute atomic E-state index is 0.0575. The molecule has 0 aliphatic heterocycles. The Morgan fingerprint density at radius 1 is 1.00 bits per heavy atom. The largest absolute Gasteiger partial charge is 0.380 e. The summed E-state index contributed by atoms with van der Waals surface area (Å²) in [5, 5.41) is 6.14. The summed E-state index contributed by atoms with van der Waals surface area (Å²) in [5.41, 5.74) is 7.68. The van der Waals surface area contributed by atoms with Gasteiger partial charge in [-0.25, -0.2) is 0 Å². The van der Waals surface area contributed by atoms with Crippen LogP contribution in [0.5, 0.6) is 0 Å². The van der Waals surface area contributed by atoms with Gasteiger partial charge in [-0.2, -0.15) is 0 Å². The summed E-state index contributed by atoms with van der Waals surface area (Å²) in [6.45, 7) is 9.05. The Morgan fingerprint density at radius 3 is 2.23 bits per heavy atom.